The first-order chi connectivity index (χ1) is 22.7. The van der Waals surface area contributed by atoms with Gasteiger partial charge in [0, 0.05) is 44.8 Å². The van der Waals surface area contributed by atoms with Gasteiger partial charge < -0.3 is 30.6 Å². The van der Waals surface area contributed by atoms with E-state index >= 15 is 0 Å². The van der Waals surface area contributed by atoms with E-state index in [4.69, 9.17) is 35.9 Å². The number of rotatable bonds is 8. The Labute approximate surface area is 320 Å². The van der Waals surface area contributed by atoms with Crippen LogP contribution in [0.3, 0.4) is 0 Å². The standard InChI is InChI=1S/C25H22N6.C2H3N.Eu.F6P.2NO3/c1-3-16-28-22(10-1)24-12-5-8-20(30-24)18-26-14-7-15-27-19-21-9-6-13-25(31-21)23-11-2-4-17-29-23;1-2-3;;1-7(2,3,4,5)6;2*2-1(3)4/h1-6,8-13,16-19H,7,14-15H2;1H3;;;;/q;;+3;3*-1. The molecule has 268 valence electrons. The molecule has 0 aromatic carbocycles. The van der Waals surface area contributed by atoms with Crippen molar-refractivity contribution in [2.45, 2.75) is 13.3 Å². The normalized spacial score (nSPS) is 11.4. The zero-order chi connectivity index (χ0) is 37.4. The van der Waals surface area contributed by atoms with Crippen LogP contribution in [0.2, 0.25) is 0 Å². The van der Waals surface area contributed by atoms with Crippen LogP contribution in [-0.2, 0) is 0 Å². The molecule has 0 aliphatic rings. The van der Waals surface area contributed by atoms with Crippen molar-refractivity contribution in [3.63, 3.8) is 0 Å². The summed E-state index contributed by atoms with van der Waals surface area (Å²) in [6, 6.07) is 25.0. The van der Waals surface area contributed by atoms with Gasteiger partial charge in [0.2, 0.25) is 0 Å². The van der Waals surface area contributed by atoms with E-state index < -0.39 is 18.0 Å². The molecule has 0 saturated carbocycles. The van der Waals surface area contributed by atoms with Crippen molar-refractivity contribution < 1.29 is 84.7 Å². The second-order valence-corrected chi connectivity index (χ2v) is 10.3. The van der Waals surface area contributed by atoms with Crippen LogP contribution in [0.4, 0.5) is 25.2 Å². The molecular formula is C27H25EuF6N9O6P. The maximum absolute atomic E-state index is 10.7. The van der Waals surface area contributed by atoms with Gasteiger partial charge in [0.15, 0.2) is 0 Å². The second-order valence-electron chi connectivity index (χ2n) is 8.38. The maximum Gasteiger partial charge on any atom is 3.00 e. The zero-order valence-electron chi connectivity index (χ0n) is 25.4. The number of halogens is 6. The topological polar surface area (TPSA) is 232 Å². The third kappa shape index (κ3) is 32.0. The zero-order valence-corrected chi connectivity index (χ0v) is 28.7. The molecule has 0 aliphatic heterocycles. The number of aromatic nitrogens is 4. The molecule has 0 spiro atoms. The molecule has 4 aromatic rings. The largest absolute Gasteiger partial charge is 3.00 e. The number of nitrogens with zero attached hydrogens (tertiary/aromatic N) is 9. The molecule has 0 aliphatic carbocycles. The van der Waals surface area contributed by atoms with Crippen LogP contribution in [0, 0.1) is 91.4 Å². The summed E-state index contributed by atoms with van der Waals surface area (Å²) in [6.07, 6.45) is 7.99. The molecule has 0 amide bonds. The third-order valence-electron chi connectivity index (χ3n) is 4.42. The van der Waals surface area contributed by atoms with E-state index in [0.717, 1.165) is 40.6 Å². The summed E-state index contributed by atoms with van der Waals surface area (Å²) >= 11 is 0. The molecule has 0 bridgehead atoms. The van der Waals surface area contributed by atoms with E-state index in [0.29, 0.717) is 13.1 Å². The summed E-state index contributed by atoms with van der Waals surface area (Å²) in [5.74, 6) is 0. The van der Waals surface area contributed by atoms with Gasteiger partial charge in [0.1, 0.15) is 0 Å². The summed E-state index contributed by atoms with van der Waals surface area (Å²) in [7, 11) is -10.7. The van der Waals surface area contributed by atoms with Crippen LogP contribution in [0.15, 0.2) is 95.2 Å². The first-order valence-corrected chi connectivity index (χ1v) is 15.0. The molecule has 4 heterocycles. The molecule has 23 heteroatoms. The quantitative estimate of drug-likeness (QED) is 0.0411. The van der Waals surface area contributed by atoms with Gasteiger partial charge in [0.05, 0.1) is 50.4 Å². The molecule has 4 rings (SSSR count). The Bertz CT molecular complexity index is 1580. The van der Waals surface area contributed by atoms with Gasteiger partial charge in [-0.3, -0.25) is 20.0 Å². The smallest absolute Gasteiger partial charge is 0.356 e. The monoisotopic (exact) mass is 869 g/mol. The van der Waals surface area contributed by atoms with Crippen LogP contribution in [-0.4, -0.2) is 55.6 Å². The van der Waals surface area contributed by atoms with Crippen LogP contribution < -0.4 is 0 Å². The molecule has 0 fully saturated rings. The summed E-state index contributed by atoms with van der Waals surface area (Å²) in [5, 5.41) is 36.8. The van der Waals surface area contributed by atoms with Gasteiger partial charge in [-0.15, -0.1) is 0 Å². The summed E-state index contributed by atoms with van der Waals surface area (Å²) in [6.45, 7) is 2.81. The van der Waals surface area contributed by atoms with E-state index in [1.807, 2.05) is 72.8 Å². The maximum atomic E-state index is 9.87. The molecule has 15 nitrogen and oxygen atoms in total. The number of pyridine rings is 4. The number of nitriles is 1. The first kappa shape index (κ1) is 47.5. The minimum absolute atomic E-state index is 0. The SMILES string of the molecule is C(=NCCCN=Cc1cccc(-c2ccccn2)n1)c1cccc(-c2ccccn2)n1.CC#N.F[P-](F)(F)(F)(F)F.O=[N+]([O-])[O-].O=[N+]([O-])[O-].[Eu+3]. The molecule has 0 radical (unpaired) electrons. The molecule has 0 unspecified atom stereocenters. The average Bonchev–Trinajstić information content (AvgIpc) is 3.00. The summed E-state index contributed by atoms with van der Waals surface area (Å²) in [4.78, 5) is 43.3. The summed E-state index contributed by atoms with van der Waals surface area (Å²) in [5.41, 5.74) is 5.04. The molecular weight excluding hydrogens is 843 g/mol. The van der Waals surface area contributed by atoms with E-state index in [1.165, 1.54) is 6.92 Å². The van der Waals surface area contributed by atoms with Gasteiger partial charge in [-0.25, -0.2) is 9.97 Å². The van der Waals surface area contributed by atoms with Crippen molar-refractivity contribution in [3.8, 4) is 28.8 Å². The van der Waals surface area contributed by atoms with E-state index in [9.17, 15) is 25.2 Å². The molecule has 0 N–H and O–H groups in total. The molecule has 50 heavy (non-hydrogen) atoms. The van der Waals surface area contributed by atoms with Crippen LogP contribution in [0.25, 0.3) is 22.8 Å². The van der Waals surface area contributed by atoms with E-state index in [2.05, 4.69) is 29.9 Å². The van der Waals surface area contributed by atoms with Crippen molar-refractivity contribution in [3.05, 3.63) is 127 Å². The Morgan fingerprint density at radius 1 is 0.680 bits per heavy atom. The Morgan fingerprint density at radius 2 is 0.980 bits per heavy atom. The number of aliphatic imine (C=N–C) groups is 2. The van der Waals surface area contributed by atoms with Gasteiger partial charge in [-0.1, -0.05) is 24.3 Å². The minimum atomic E-state index is -10.7. The van der Waals surface area contributed by atoms with Crippen molar-refractivity contribution in [2.75, 3.05) is 13.1 Å². The molecule has 4 aromatic heterocycles. The Kier molecular flexibility index (Phi) is 21.8. The van der Waals surface area contributed by atoms with Gasteiger partial charge in [0.25, 0.3) is 0 Å². The first-order valence-electron chi connectivity index (χ1n) is 13.0. The fraction of sp³-hybridized carbons (Fsp3) is 0.148. The Balaban J connectivity index is 0. The van der Waals surface area contributed by atoms with Gasteiger partial charge in [-0.05, 0) is 55.0 Å². The fourth-order valence-electron chi connectivity index (χ4n) is 2.93. The van der Waals surface area contributed by atoms with E-state index in [1.54, 1.807) is 30.9 Å². The Morgan fingerprint density at radius 3 is 1.26 bits per heavy atom. The van der Waals surface area contributed by atoms with E-state index in [-0.39, 0.29) is 49.4 Å². The van der Waals surface area contributed by atoms with Crippen molar-refractivity contribution in [1.82, 2.24) is 19.9 Å². The van der Waals surface area contributed by atoms with Crippen LogP contribution in [0.5, 0.6) is 0 Å². The van der Waals surface area contributed by atoms with Gasteiger partial charge >= 0.3 is 82.4 Å². The van der Waals surface area contributed by atoms with Crippen LogP contribution in [0.1, 0.15) is 24.7 Å². The second kappa shape index (κ2) is 22.9. The number of hydrogen-bond acceptors (Lipinski definition) is 13. The predicted octanol–water partition coefficient (Wildman–Crippen LogP) is 7.96. The molecule has 0 saturated heterocycles. The predicted molar refractivity (Wildman–Crippen MR) is 170 cm³/mol. The Hall–Kier alpha value is -4.58. The van der Waals surface area contributed by atoms with Crippen molar-refractivity contribution in [1.29, 1.82) is 5.26 Å². The molecule has 0 atom stereocenters. The summed E-state index contributed by atoms with van der Waals surface area (Å²) < 4.78 is 59.2. The fourth-order valence-corrected chi connectivity index (χ4v) is 2.93. The van der Waals surface area contributed by atoms with Crippen molar-refractivity contribution in [2.24, 2.45) is 9.98 Å². The third-order valence-corrected chi connectivity index (χ3v) is 4.42. The van der Waals surface area contributed by atoms with Crippen molar-refractivity contribution >= 4 is 20.2 Å². The minimum Gasteiger partial charge on any atom is -0.356 e. The average molecular weight is 868 g/mol. The van der Waals surface area contributed by atoms with Gasteiger partial charge in [-0.2, -0.15) is 5.26 Å². The number of hydrogen-bond donors (Lipinski definition) is 0. The van der Waals surface area contributed by atoms with Crippen LogP contribution >= 0.6 is 7.81 Å².